The van der Waals surface area contributed by atoms with Gasteiger partial charge >= 0.3 is 5.97 Å². The largest absolute Gasteiger partial charge is 0.481 e. The van der Waals surface area contributed by atoms with Gasteiger partial charge in [-0.25, -0.2) is 13.1 Å². The topological polar surface area (TPSA) is 92.7 Å². The Kier molecular flexibility index (Phi) is 8.14. The molecule has 0 atom stereocenters. The van der Waals surface area contributed by atoms with E-state index in [0.717, 1.165) is 12.8 Å². The first kappa shape index (κ1) is 15.3. The number of carboxylic acids is 1. The van der Waals surface area contributed by atoms with Gasteiger partial charge in [0.1, 0.15) is 0 Å². The molecule has 0 aliphatic carbocycles. The molecule has 2 N–H and O–H groups in total. The van der Waals surface area contributed by atoms with Crippen LogP contribution < -0.4 is 4.72 Å². The van der Waals surface area contributed by atoms with Crippen molar-refractivity contribution in [3.05, 3.63) is 0 Å². The third-order valence-corrected chi connectivity index (χ3v) is 3.18. The molecule has 6 nitrogen and oxygen atoms in total. The van der Waals surface area contributed by atoms with Crippen molar-refractivity contribution < 1.29 is 23.1 Å². The van der Waals surface area contributed by atoms with Crippen molar-refractivity contribution in [3.63, 3.8) is 0 Å². The van der Waals surface area contributed by atoms with Crippen molar-refractivity contribution in [1.29, 1.82) is 0 Å². The van der Waals surface area contributed by atoms with Crippen LogP contribution in [0.2, 0.25) is 0 Å². The predicted octanol–water partition coefficient (Wildman–Crippen LogP) is 0.197. The van der Waals surface area contributed by atoms with Gasteiger partial charge in [0.2, 0.25) is 10.0 Å². The third kappa shape index (κ3) is 9.88. The van der Waals surface area contributed by atoms with Crippen molar-refractivity contribution in [3.8, 4) is 0 Å². The van der Waals surface area contributed by atoms with Crippen LogP contribution in [0.25, 0.3) is 0 Å². The van der Waals surface area contributed by atoms with Crippen molar-refractivity contribution in [2.45, 2.75) is 26.2 Å². The monoisotopic (exact) mass is 253 g/mol. The Balaban J connectivity index is 3.55. The number of hydrogen-bond donors (Lipinski definition) is 2. The zero-order chi connectivity index (χ0) is 12.4. The number of aliphatic carboxylic acids is 1. The van der Waals surface area contributed by atoms with Crippen LogP contribution in [0.3, 0.4) is 0 Å². The lowest BCUT2D eigenvalue weighted by molar-refractivity contribution is -0.136. The van der Waals surface area contributed by atoms with Crippen LogP contribution in [0.4, 0.5) is 0 Å². The number of unbranched alkanes of at least 4 members (excludes halogenated alkanes) is 1. The van der Waals surface area contributed by atoms with Gasteiger partial charge in [-0.1, -0.05) is 13.3 Å². The summed E-state index contributed by atoms with van der Waals surface area (Å²) in [5.41, 5.74) is 0. The van der Waals surface area contributed by atoms with E-state index in [1.165, 1.54) is 0 Å². The average molecular weight is 253 g/mol. The Morgan fingerprint density at radius 1 is 1.38 bits per heavy atom. The molecule has 0 unspecified atom stereocenters. The molecule has 0 fully saturated rings. The van der Waals surface area contributed by atoms with Gasteiger partial charge in [0.15, 0.2) is 0 Å². The van der Waals surface area contributed by atoms with Gasteiger partial charge < -0.3 is 9.84 Å². The van der Waals surface area contributed by atoms with Crippen LogP contribution in [0, 0.1) is 0 Å². The highest BCUT2D eigenvalue weighted by Gasteiger charge is 2.11. The van der Waals surface area contributed by atoms with Crippen LogP contribution >= 0.6 is 0 Å². The molecule has 0 aliphatic rings. The zero-order valence-corrected chi connectivity index (χ0v) is 10.3. The molecule has 96 valence electrons. The highest BCUT2D eigenvalue weighted by atomic mass is 32.2. The van der Waals surface area contributed by atoms with Crippen molar-refractivity contribution in [2.75, 3.05) is 25.5 Å². The molecule has 0 saturated carbocycles. The zero-order valence-electron chi connectivity index (χ0n) is 9.44. The number of hydrogen-bond acceptors (Lipinski definition) is 4. The molecule has 16 heavy (non-hydrogen) atoms. The number of carbonyl (C=O) groups is 1. The second kappa shape index (κ2) is 8.49. The Morgan fingerprint density at radius 3 is 2.62 bits per heavy atom. The van der Waals surface area contributed by atoms with Crippen molar-refractivity contribution in [1.82, 2.24) is 4.72 Å². The van der Waals surface area contributed by atoms with Crippen LogP contribution in [0.1, 0.15) is 26.2 Å². The number of rotatable bonds is 10. The molecule has 0 heterocycles. The van der Waals surface area contributed by atoms with Gasteiger partial charge in [0, 0.05) is 13.2 Å². The van der Waals surface area contributed by atoms with Crippen LogP contribution in [0.5, 0.6) is 0 Å². The van der Waals surface area contributed by atoms with Gasteiger partial charge in [-0.15, -0.1) is 0 Å². The van der Waals surface area contributed by atoms with Crippen LogP contribution in [-0.2, 0) is 19.6 Å². The fourth-order valence-corrected chi connectivity index (χ4v) is 1.89. The molecular weight excluding hydrogens is 234 g/mol. The Bertz CT molecular complexity index is 288. The van der Waals surface area contributed by atoms with E-state index in [4.69, 9.17) is 9.84 Å². The summed E-state index contributed by atoms with van der Waals surface area (Å²) < 4.78 is 29.8. The summed E-state index contributed by atoms with van der Waals surface area (Å²) in [5.74, 6) is -1.51. The molecule has 0 rings (SSSR count). The van der Waals surface area contributed by atoms with E-state index in [1.807, 2.05) is 6.92 Å². The first-order valence-corrected chi connectivity index (χ1v) is 6.90. The molecule has 0 aromatic rings. The van der Waals surface area contributed by atoms with E-state index >= 15 is 0 Å². The summed E-state index contributed by atoms with van der Waals surface area (Å²) in [7, 11) is -3.48. The fraction of sp³-hybridized carbons (Fsp3) is 0.889. The highest BCUT2D eigenvalue weighted by molar-refractivity contribution is 7.89. The van der Waals surface area contributed by atoms with Crippen LogP contribution in [0.15, 0.2) is 0 Å². The minimum Gasteiger partial charge on any atom is -0.481 e. The van der Waals surface area contributed by atoms with Gasteiger partial charge in [-0.2, -0.15) is 0 Å². The molecule has 0 spiro atoms. The highest BCUT2D eigenvalue weighted by Crippen LogP contribution is 1.90. The molecule has 0 aromatic carbocycles. The SMILES string of the molecule is CCCCOCCNS(=O)(=O)CCC(=O)O. The molecule has 0 amide bonds. The number of carboxylic acid groups (broad SMARTS) is 1. The predicted molar refractivity (Wildman–Crippen MR) is 59.8 cm³/mol. The van der Waals surface area contributed by atoms with Gasteiger partial charge in [-0.05, 0) is 6.42 Å². The second-order valence-corrected chi connectivity index (χ2v) is 5.25. The standard InChI is InChI=1S/C9H19NO5S/c1-2-3-6-15-7-5-10-16(13,14)8-4-9(11)12/h10H,2-8H2,1H3,(H,11,12). The normalized spacial score (nSPS) is 11.6. The van der Waals surface area contributed by atoms with Crippen LogP contribution in [-0.4, -0.2) is 45.0 Å². The van der Waals surface area contributed by atoms with Crippen molar-refractivity contribution >= 4 is 16.0 Å². The molecule has 0 aromatic heterocycles. The molecule has 0 aliphatic heterocycles. The van der Waals surface area contributed by atoms with E-state index in [9.17, 15) is 13.2 Å². The summed E-state index contributed by atoms with van der Waals surface area (Å²) in [4.78, 5) is 10.2. The summed E-state index contributed by atoms with van der Waals surface area (Å²) in [6.45, 7) is 3.16. The minimum absolute atomic E-state index is 0.186. The van der Waals surface area contributed by atoms with Gasteiger partial charge in [0.25, 0.3) is 0 Å². The number of ether oxygens (including phenoxy) is 1. The molecule has 7 heteroatoms. The quantitative estimate of drug-likeness (QED) is 0.542. The molecule has 0 bridgehead atoms. The Morgan fingerprint density at radius 2 is 2.06 bits per heavy atom. The van der Waals surface area contributed by atoms with E-state index in [0.29, 0.717) is 13.2 Å². The summed E-state index contributed by atoms with van der Waals surface area (Å²) in [6, 6.07) is 0. The second-order valence-electron chi connectivity index (χ2n) is 3.32. The lowest BCUT2D eigenvalue weighted by atomic mass is 10.4. The van der Waals surface area contributed by atoms with E-state index < -0.39 is 21.7 Å². The Hall–Kier alpha value is -0.660. The van der Waals surface area contributed by atoms with Crippen molar-refractivity contribution in [2.24, 2.45) is 0 Å². The lowest BCUT2D eigenvalue weighted by Gasteiger charge is -2.06. The number of nitrogens with one attached hydrogen (secondary N) is 1. The maximum absolute atomic E-state index is 11.2. The minimum atomic E-state index is -3.48. The first-order valence-electron chi connectivity index (χ1n) is 5.25. The van der Waals surface area contributed by atoms with E-state index in [-0.39, 0.29) is 13.0 Å². The smallest absolute Gasteiger partial charge is 0.304 e. The van der Waals surface area contributed by atoms with E-state index in [2.05, 4.69) is 4.72 Å². The molecular formula is C9H19NO5S. The van der Waals surface area contributed by atoms with Gasteiger partial charge in [0.05, 0.1) is 18.8 Å². The third-order valence-electron chi connectivity index (χ3n) is 1.80. The first-order chi connectivity index (χ1) is 7.48. The summed E-state index contributed by atoms with van der Waals surface area (Å²) in [6.07, 6.45) is 1.60. The summed E-state index contributed by atoms with van der Waals surface area (Å²) >= 11 is 0. The number of sulfonamides is 1. The van der Waals surface area contributed by atoms with E-state index in [1.54, 1.807) is 0 Å². The maximum Gasteiger partial charge on any atom is 0.304 e. The van der Waals surface area contributed by atoms with Gasteiger partial charge in [-0.3, -0.25) is 4.79 Å². The molecule has 0 saturated heterocycles. The maximum atomic E-state index is 11.2. The fourth-order valence-electron chi connectivity index (χ4n) is 0.912. The Labute approximate surface area is 96.0 Å². The lowest BCUT2D eigenvalue weighted by Crippen LogP contribution is -2.30. The summed E-state index contributed by atoms with van der Waals surface area (Å²) in [5, 5.41) is 8.33. The average Bonchev–Trinajstić information content (AvgIpc) is 2.21. The molecule has 0 radical (unpaired) electrons.